The first-order valence-electron chi connectivity index (χ1n) is 9.06. The van der Waals surface area contributed by atoms with Crippen LogP contribution in [0, 0.1) is 0 Å². The fraction of sp³-hybridized carbons (Fsp3) is 0.286. The molecule has 0 unspecified atom stereocenters. The molecule has 0 saturated heterocycles. The first-order valence-corrected chi connectivity index (χ1v) is 10.0. The van der Waals surface area contributed by atoms with Crippen LogP contribution in [0.2, 0.25) is 0 Å². The fourth-order valence-electron chi connectivity index (χ4n) is 2.62. The zero-order chi connectivity index (χ0) is 20.5. The predicted octanol–water partition coefficient (Wildman–Crippen LogP) is 4.05. The quantitative estimate of drug-likeness (QED) is 0.264. The number of aromatic nitrogens is 2. The number of hydrogen-bond acceptors (Lipinski definition) is 8. The van der Waals surface area contributed by atoms with Crippen molar-refractivity contribution in [2.24, 2.45) is 0 Å². The summed E-state index contributed by atoms with van der Waals surface area (Å²) < 4.78 is 21.8. The van der Waals surface area contributed by atoms with Crippen LogP contribution in [-0.2, 0) is 6.42 Å². The number of methoxy groups -OCH3 is 2. The molecule has 0 bridgehead atoms. The van der Waals surface area contributed by atoms with Gasteiger partial charge in [-0.2, -0.15) is 0 Å². The summed E-state index contributed by atoms with van der Waals surface area (Å²) >= 11 is 1.47. The number of aldehydes is 1. The number of carbonyl (C=O) groups is 1. The Morgan fingerprint density at radius 1 is 1.07 bits per heavy atom. The van der Waals surface area contributed by atoms with Crippen LogP contribution in [0.4, 0.5) is 0 Å². The molecule has 0 spiro atoms. The van der Waals surface area contributed by atoms with Gasteiger partial charge >= 0.3 is 0 Å². The number of carbonyl (C=O) groups excluding carboxylic acids is 1. The van der Waals surface area contributed by atoms with E-state index in [0.29, 0.717) is 41.2 Å². The molecule has 0 atom stereocenters. The highest BCUT2D eigenvalue weighted by Crippen LogP contribution is 2.30. The molecule has 0 aliphatic heterocycles. The number of nitrogens with zero attached hydrogens (tertiary/aromatic N) is 2. The lowest BCUT2D eigenvalue weighted by molar-refractivity contribution is 0.111. The van der Waals surface area contributed by atoms with Gasteiger partial charge in [0.05, 0.1) is 32.8 Å². The van der Waals surface area contributed by atoms with Crippen molar-refractivity contribution in [3.05, 3.63) is 59.5 Å². The summed E-state index contributed by atoms with van der Waals surface area (Å²) in [6.45, 7) is 0.445. The van der Waals surface area contributed by atoms with E-state index in [0.717, 1.165) is 29.8 Å². The summed E-state index contributed by atoms with van der Waals surface area (Å²) in [5.41, 5.74) is 1.54. The van der Waals surface area contributed by atoms with Crippen LogP contribution in [0.5, 0.6) is 17.2 Å². The van der Waals surface area contributed by atoms with Crippen LogP contribution >= 0.6 is 11.8 Å². The van der Waals surface area contributed by atoms with Gasteiger partial charge in [0.1, 0.15) is 5.75 Å². The molecular formula is C21H22N2O5S. The van der Waals surface area contributed by atoms with Crippen molar-refractivity contribution in [2.75, 3.05) is 26.6 Å². The maximum Gasteiger partial charge on any atom is 0.276 e. The molecule has 0 radical (unpaired) electrons. The van der Waals surface area contributed by atoms with Crippen molar-refractivity contribution in [2.45, 2.75) is 18.1 Å². The van der Waals surface area contributed by atoms with Gasteiger partial charge in [-0.1, -0.05) is 30.0 Å². The van der Waals surface area contributed by atoms with Crippen molar-refractivity contribution < 1.29 is 23.4 Å². The van der Waals surface area contributed by atoms with Gasteiger partial charge < -0.3 is 18.6 Å². The summed E-state index contributed by atoms with van der Waals surface area (Å²) in [6.07, 6.45) is 2.08. The Labute approximate surface area is 173 Å². The van der Waals surface area contributed by atoms with Crippen molar-refractivity contribution in [3.63, 3.8) is 0 Å². The molecule has 3 rings (SSSR count). The van der Waals surface area contributed by atoms with Gasteiger partial charge in [-0.3, -0.25) is 4.79 Å². The van der Waals surface area contributed by atoms with Crippen LogP contribution < -0.4 is 14.2 Å². The third-order valence-electron chi connectivity index (χ3n) is 4.08. The molecule has 0 fully saturated rings. The van der Waals surface area contributed by atoms with Crippen molar-refractivity contribution >= 4 is 18.0 Å². The Kier molecular flexibility index (Phi) is 7.52. The maximum atomic E-state index is 11.2. The standard InChI is InChI=1S/C21H22N2O5S/c1-25-17-9-7-15(8-10-17)13-19-22-23-21(28-19)29-12-4-11-27-20-16(14-24)5-3-6-18(20)26-2/h3,5-10,14H,4,11-13H2,1-2H3. The molecule has 0 N–H and O–H groups in total. The smallest absolute Gasteiger partial charge is 0.276 e. The van der Waals surface area contributed by atoms with Crippen molar-refractivity contribution in [1.82, 2.24) is 10.2 Å². The first-order chi connectivity index (χ1) is 14.2. The van der Waals surface area contributed by atoms with E-state index in [9.17, 15) is 4.79 Å². The van der Waals surface area contributed by atoms with E-state index < -0.39 is 0 Å². The Balaban J connectivity index is 1.44. The normalized spacial score (nSPS) is 10.6. The number of para-hydroxylation sites is 1. The molecule has 152 valence electrons. The van der Waals surface area contributed by atoms with E-state index in [-0.39, 0.29) is 0 Å². The highest BCUT2D eigenvalue weighted by atomic mass is 32.2. The first kappa shape index (κ1) is 20.7. The Bertz CT molecular complexity index is 927. The second-order valence-corrected chi connectivity index (χ2v) is 7.08. The van der Waals surface area contributed by atoms with Gasteiger partial charge in [0.25, 0.3) is 5.22 Å². The molecule has 0 amide bonds. The topological polar surface area (TPSA) is 83.7 Å². The maximum absolute atomic E-state index is 11.2. The van der Waals surface area contributed by atoms with E-state index in [2.05, 4.69) is 10.2 Å². The average molecular weight is 414 g/mol. The summed E-state index contributed by atoms with van der Waals surface area (Å²) in [4.78, 5) is 11.2. The minimum Gasteiger partial charge on any atom is -0.497 e. The molecule has 3 aromatic rings. The van der Waals surface area contributed by atoms with E-state index in [1.54, 1.807) is 32.4 Å². The Morgan fingerprint density at radius 3 is 2.62 bits per heavy atom. The Morgan fingerprint density at radius 2 is 1.90 bits per heavy atom. The minimum atomic E-state index is 0.445. The summed E-state index contributed by atoms with van der Waals surface area (Å²) in [5, 5.41) is 8.69. The number of benzene rings is 2. The number of thioether (sulfide) groups is 1. The second-order valence-electron chi connectivity index (χ2n) is 6.03. The summed E-state index contributed by atoms with van der Waals surface area (Å²) in [7, 11) is 3.19. The fourth-order valence-corrected chi connectivity index (χ4v) is 3.31. The van der Waals surface area contributed by atoms with Gasteiger partial charge in [0, 0.05) is 5.75 Å². The zero-order valence-electron chi connectivity index (χ0n) is 16.3. The van der Waals surface area contributed by atoms with Crippen LogP contribution in [0.15, 0.2) is 52.1 Å². The van der Waals surface area contributed by atoms with Crippen molar-refractivity contribution in [3.8, 4) is 17.2 Å². The molecule has 1 heterocycles. The van der Waals surface area contributed by atoms with Crippen LogP contribution in [0.1, 0.15) is 28.2 Å². The van der Waals surface area contributed by atoms with Gasteiger partial charge in [0.15, 0.2) is 17.8 Å². The van der Waals surface area contributed by atoms with Crippen LogP contribution in [-0.4, -0.2) is 43.1 Å². The lowest BCUT2D eigenvalue weighted by Gasteiger charge is -2.12. The summed E-state index contributed by atoms with van der Waals surface area (Å²) in [6, 6.07) is 13.0. The lowest BCUT2D eigenvalue weighted by atomic mass is 10.1. The van der Waals surface area contributed by atoms with E-state index in [1.807, 2.05) is 24.3 Å². The van der Waals surface area contributed by atoms with Gasteiger partial charge in [-0.05, 0) is 36.2 Å². The third kappa shape index (κ3) is 5.74. The minimum absolute atomic E-state index is 0.445. The third-order valence-corrected chi connectivity index (χ3v) is 4.98. The van der Waals surface area contributed by atoms with Gasteiger partial charge in [-0.25, -0.2) is 0 Å². The highest BCUT2D eigenvalue weighted by molar-refractivity contribution is 7.99. The molecule has 29 heavy (non-hydrogen) atoms. The van der Waals surface area contributed by atoms with Crippen LogP contribution in [0.3, 0.4) is 0 Å². The van der Waals surface area contributed by atoms with Gasteiger partial charge in [0.2, 0.25) is 5.89 Å². The lowest BCUT2D eigenvalue weighted by Crippen LogP contribution is -2.03. The molecular weight excluding hydrogens is 392 g/mol. The van der Waals surface area contributed by atoms with Gasteiger partial charge in [-0.15, -0.1) is 10.2 Å². The molecule has 0 saturated carbocycles. The molecule has 8 heteroatoms. The van der Waals surface area contributed by atoms with E-state index in [1.165, 1.54) is 11.8 Å². The Hall–Kier alpha value is -3.00. The molecule has 0 aliphatic carbocycles. The predicted molar refractivity (Wildman–Crippen MR) is 109 cm³/mol. The molecule has 0 aliphatic rings. The number of hydrogen-bond donors (Lipinski definition) is 0. The molecule has 2 aromatic carbocycles. The van der Waals surface area contributed by atoms with E-state index >= 15 is 0 Å². The van der Waals surface area contributed by atoms with Crippen molar-refractivity contribution in [1.29, 1.82) is 0 Å². The second kappa shape index (κ2) is 10.5. The van der Waals surface area contributed by atoms with E-state index in [4.69, 9.17) is 18.6 Å². The SMILES string of the molecule is COc1ccc(Cc2nnc(SCCCOc3c(C=O)cccc3OC)o2)cc1. The number of ether oxygens (including phenoxy) is 3. The zero-order valence-corrected chi connectivity index (χ0v) is 17.1. The monoisotopic (exact) mass is 414 g/mol. The highest BCUT2D eigenvalue weighted by Gasteiger charge is 2.11. The average Bonchev–Trinajstić information content (AvgIpc) is 3.21. The number of rotatable bonds is 11. The van der Waals surface area contributed by atoms with Crippen LogP contribution in [0.25, 0.3) is 0 Å². The largest absolute Gasteiger partial charge is 0.497 e. The summed E-state index contributed by atoms with van der Waals surface area (Å²) in [5.74, 6) is 3.14. The molecule has 7 nitrogen and oxygen atoms in total. The molecule has 1 aromatic heterocycles.